The average Bonchev–Trinajstić information content (AvgIpc) is 2.79. The molecule has 0 fully saturated rings. The van der Waals surface area contributed by atoms with E-state index in [1.54, 1.807) is 0 Å². The van der Waals surface area contributed by atoms with Crippen molar-refractivity contribution in [2.75, 3.05) is 0 Å². The van der Waals surface area contributed by atoms with Gasteiger partial charge in [0.15, 0.2) is 0 Å². The van der Waals surface area contributed by atoms with Crippen LogP contribution < -0.4 is 0 Å². The normalized spacial score (nSPS) is 13.8. The Morgan fingerprint density at radius 1 is 0.920 bits per heavy atom. The SMILES string of the molecule is O=C(ON1C(=O)c2ccccc2C1=O)c1cccc(C(F)(F)F)c1F. The minimum Gasteiger partial charge on any atom is -0.324 e. The Labute approximate surface area is 137 Å². The second-order valence-electron chi connectivity index (χ2n) is 4.99. The Morgan fingerprint density at radius 3 is 2.00 bits per heavy atom. The standard InChI is InChI=1S/C16H7F4NO4/c17-12-10(6-3-7-11(12)16(18,19)20)15(24)25-21-13(22)8-4-1-2-5-9(8)14(21)23/h1-7H. The van der Waals surface area contributed by atoms with E-state index in [1.807, 2.05) is 0 Å². The molecule has 0 aliphatic carbocycles. The largest absolute Gasteiger partial charge is 0.419 e. The van der Waals surface area contributed by atoms with Crippen molar-refractivity contribution in [1.82, 2.24) is 5.06 Å². The van der Waals surface area contributed by atoms with Gasteiger partial charge in [-0.05, 0) is 24.3 Å². The zero-order valence-electron chi connectivity index (χ0n) is 12.1. The number of benzene rings is 2. The minimum atomic E-state index is -5.02. The van der Waals surface area contributed by atoms with Crippen molar-refractivity contribution < 1.29 is 36.8 Å². The molecule has 0 unspecified atom stereocenters. The molecule has 2 amide bonds. The lowest BCUT2D eigenvalue weighted by Crippen LogP contribution is -2.33. The molecule has 0 saturated heterocycles. The van der Waals surface area contributed by atoms with Crippen LogP contribution in [0.4, 0.5) is 17.6 Å². The Hall–Kier alpha value is -3.23. The van der Waals surface area contributed by atoms with Gasteiger partial charge in [0.05, 0.1) is 22.3 Å². The van der Waals surface area contributed by atoms with Crippen LogP contribution in [0.2, 0.25) is 0 Å². The molecule has 1 heterocycles. The Kier molecular flexibility index (Phi) is 3.78. The third kappa shape index (κ3) is 2.73. The summed E-state index contributed by atoms with van der Waals surface area (Å²) in [5.41, 5.74) is -2.79. The first-order valence-corrected chi connectivity index (χ1v) is 6.77. The maximum Gasteiger partial charge on any atom is 0.419 e. The first-order valence-electron chi connectivity index (χ1n) is 6.77. The average molecular weight is 353 g/mol. The fraction of sp³-hybridized carbons (Fsp3) is 0.0625. The van der Waals surface area contributed by atoms with Crippen LogP contribution in [0.3, 0.4) is 0 Å². The molecule has 0 radical (unpaired) electrons. The molecular weight excluding hydrogens is 346 g/mol. The van der Waals surface area contributed by atoms with E-state index in [9.17, 15) is 31.9 Å². The zero-order valence-corrected chi connectivity index (χ0v) is 12.1. The summed E-state index contributed by atoms with van der Waals surface area (Å²) in [4.78, 5) is 40.6. The molecule has 0 N–H and O–H groups in total. The Bertz CT molecular complexity index is 872. The van der Waals surface area contributed by atoms with E-state index in [0.717, 1.165) is 12.1 Å². The van der Waals surface area contributed by atoms with Crippen LogP contribution in [0.25, 0.3) is 0 Å². The Morgan fingerprint density at radius 2 is 1.48 bits per heavy atom. The third-order valence-corrected chi connectivity index (χ3v) is 3.46. The Balaban J connectivity index is 1.90. The highest BCUT2D eigenvalue weighted by Gasteiger charge is 2.40. The molecule has 128 valence electrons. The highest BCUT2D eigenvalue weighted by Crippen LogP contribution is 2.33. The molecule has 1 aliphatic heterocycles. The van der Waals surface area contributed by atoms with Crippen molar-refractivity contribution in [2.24, 2.45) is 0 Å². The summed E-state index contributed by atoms with van der Waals surface area (Å²) >= 11 is 0. The molecule has 0 aromatic heterocycles. The summed E-state index contributed by atoms with van der Waals surface area (Å²) in [6.45, 7) is 0. The van der Waals surface area contributed by atoms with E-state index in [0.29, 0.717) is 6.07 Å². The van der Waals surface area contributed by atoms with Gasteiger partial charge in [-0.15, -0.1) is 0 Å². The van der Waals surface area contributed by atoms with E-state index < -0.39 is 40.9 Å². The van der Waals surface area contributed by atoms with Crippen LogP contribution >= 0.6 is 0 Å². The second-order valence-corrected chi connectivity index (χ2v) is 4.99. The number of alkyl halides is 3. The van der Waals surface area contributed by atoms with Gasteiger partial charge in [0.25, 0.3) is 11.8 Å². The highest BCUT2D eigenvalue weighted by molar-refractivity contribution is 6.21. The number of fused-ring (bicyclic) bond motifs is 1. The molecule has 3 rings (SSSR count). The molecule has 1 aliphatic rings. The molecule has 9 heteroatoms. The van der Waals surface area contributed by atoms with Gasteiger partial charge in [-0.25, -0.2) is 9.18 Å². The van der Waals surface area contributed by atoms with Gasteiger partial charge in [-0.2, -0.15) is 13.2 Å². The van der Waals surface area contributed by atoms with E-state index in [-0.39, 0.29) is 16.2 Å². The third-order valence-electron chi connectivity index (χ3n) is 3.46. The monoisotopic (exact) mass is 353 g/mol. The molecule has 0 spiro atoms. The van der Waals surface area contributed by atoms with Gasteiger partial charge in [0, 0.05) is 0 Å². The first-order chi connectivity index (χ1) is 11.7. The summed E-state index contributed by atoms with van der Waals surface area (Å²) in [7, 11) is 0. The number of hydroxylamine groups is 2. The highest BCUT2D eigenvalue weighted by atomic mass is 19.4. The van der Waals surface area contributed by atoms with Crippen molar-refractivity contribution in [2.45, 2.75) is 6.18 Å². The lowest BCUT2D eigenvalue weighted by atomic mass is 10.1. The molecule has 0 saturated carbocycles. The lowest BCUT2D eigenvalue weighted by molar-refractivity contribution is -0.140. The van der Waals surface area contributed by atoms with Crippen LogP contribution in [-0.2, 0) is 11.0 Å². The number of halogens is 4. The topological polar surface area (TPSA) is 63.7 Å². The number of hydrogen-bond donors (Lipinski definition) is 0. The number of hydrogen-bond acceptors (Lipinski definition) is 4. The molecule has 0 atom stereocenters. The van der Waals surface area contributed by atoms with Crippen LogP contribution in [-0.4, -0.2) is 22.8 Å². The van der Waals surface area contributed by atoms with Gasteiger partial charge >= 0.3 is 12.1 Å². The molecular formula is C16H7F4NO4. The summed E-state index contributed by atoms with van der Waals surface area (Å²) in [5.74, 6) is -5.39. The number of imide groups is 1. The van der Waals surface area contributed by atoms with Crippen molar-refractivity contribution in [1.29, 1.82) is 0 Å². The van der Waals surface area contributed by atoms with Crippen molar-refractivity contribution in [3.63, 3.8) is 0 Å². The molecule has 2 aromatic rings. The van der Waals surface area contributed by atoms with Crippen LogP contribution in [0.15, 0.2) is 42.5 Å². The van der Waals surface area contributed by atoms with Crippen molar-refractivity contribution >= 4 is 17.8 Å². The maximum absolute atomic E-state index is 13.9. The van der Waals surface area contributed by atoms with Gasteiger partial charge in [-0.1, -0.05) is 23.3 Å². The number of carbonyl (C=O) groups is 3. The summed E-state index contributed by atoms with van der Waals surface area (Å²) in [6, 6.07) is 7.59. The van der Waals surface area contributed by atoms with E-state index in [4.69, 9.17) is 0 Å². The minimum absolute atomic E-state index is 0.0372. The summed E-state index contributed by atoms with van der Waals surface area (Å²) < 4.78 is 52.0. The first kappa shape index (κ1) is 16.6. The molecule has 0 bridgehead atoms. The maximum atomic E-state index is 13.9. The fourth-order valence-electron chi connectivity index (χ4n) is 2.29. The van der Waals surface area contributed by atoms with Gasteiger partial charge in [0.1, 0.15) is 5.82 Å². The van der Waals surface area contributed by atoms with Crippen LogP contribution in [0.5, 0.6) is 0 Å². The molecule has 2 aromatic carbocycles. The molecule has 25 heavy (non-hydrogen) atoms. The van der Waals surface area contributed by atoms with E-state index in [1.165, 1.54) is 24.3 Å². The predicted octanol–water partition coefficient (Wildman–Crippen LogP) is 3.21. The zero-order chi connectivity index (χ0) is 18.4. The van der Waals surface area contributed by atoms with Crippen LogP contribution in [0, 0.1) is 5.82 Å². The summed E-state index contributed by atoms with van der Waals surface area (Å²) in [6.07, 6.45) is -5.02. The van der Waals surface area contributed by atoms with E-state index >= 15 is 0 Å². The van der Waals surface area contributed by atoms with Crippen molar-refractivity contribution in [3.05, 3.63) is 70.5 Å². The van der Waals surface area contributed by atoms with E-state index in [2.05, 4.69) is 4.84 Å². The molecule has 5 nitrogen and oxygen atoms in total. The predicted molar refractivity (Wildman–Crippen MR) is 73.8 cm³/mol. The quantitative estimate of drug-likeness (QED) is 0.614. The number of nitrogens with zero attached hydrogens (tertiary/aromatic N) is 1. The van der Waals surface area contributed by atoms with Crippen molar-refractivity contribution in [3.8, 4) is 0 Å². The number of carbonyl (C=O) groups excluding carboxylic acids is 3. The lowest BCUT2D eigenvalue weighted by Gasteiger charge is -2.14. The number of amides is 2. The fourth-order valence-corrected chi connectivity index (χ4v) is 2.29. The van der Waals surface area contributed by atoms with Gasteiger partial charge < -0.3 is 4.84 Å². The second kappa shape index (κ2) is 5.69. The smallest absolute Gasteiger partial charge is 0.324 e. The van der Waals surface area contributed by atoms with Gasteiger partial charge in [0.2, 0.25) is 0 Å². The number of rotatable bonds is 2. The summed E-state index contributed by atoms with van der Waals surface area (Å²) in [5, 5.41) is 0.0900. The van der Waals surface area contributed by atoms with Gasteiger partial charge in [-0.3, -0.25) is 9.59 Å². The van der Waals surface area contributed by atoms with Crippen LogP contribution in [0.1, 0.15) is 36.6 Å².